The van der Waals surface area contributed by atoms with Gasteiger partial charge in [0.15, 0.2) is 0 Å². The van der Waals surface area contributed by atoms with E-state index in [1.807, 2.05) is 18.3 Å². The molecule has 33 heavy (non-hydrogen) atoms. The Bertz CT molecular complexity index is 1130. The van der Waals surface area contributed by atoms with Crippen LogP contribution in [0.3, 0.4) is 0 Å². The summed E-state index contributed by atoms with van der Waals surface area (Å²) in [6.07, 6.45) is 11.9. The number of carbonyl (C=O) groups is 1. The van der Waals surface area contributed by atoms with E-state index >= 15 is 0 Å². The number of pyridine rings is 1. The van der Waals surface area contributed by atoms with Crippen LogP contribution in [0.4, 0.5) is 0 Å². The predicted molar refractivity (Wildman–Crippen MR) is 139 cm³/mol. The van der Waals surface area contributed by atoms with E-state index in [-0.39, 0.29) is 5.92 Å². The largest absolute Gasteiger partial charge is 0.299 e. The summed E-state index contributed by atoms with van der Waals surface area (Å²) in [7, 11) is 0. The first-order valence-corrected chi connectivity index (χ1v) is 13.4. The van der Waals surface area contributed by atoms with Crippen molar-refractivity contribution in [1.82, 2.24) is 9.88 Å². The van der Waals surface area contributed by atoms with Crippen molar-refractivity contribution >= 4 is 32.8 Å². The van der Waals surface area contributed by atoms with E-state index in [9.17, 15) is 4.79 Å². The van der Waals surface area contributed by atoms with Gasteiger partial charge in [0, 0.05) is 29.9 Å². The molecule has 3 nitrogen and oxygen atoms in total. The third-order valence-corrected chi connectivity index (χ3v) is 8.69. The molecule has 3 heterocycles. The van der Waals surface area contributed by atoms with E-state index in [1.165, 1.54) is 40.5 Å². The van der Waals surface area contributed by atoms with Gasteiger partial charge < -0.3 is 0 Å². The zero-order chi connectivity index (χ0) is 22.7. The van der Waals surface area contributed by atoms with Crippen molar-refractivity contribution in [2.75, 3.05) is 19.6 Å². The highest BCUT2D eigenvalue weighted by Gasteiger charge is 2.40. The Morgan fingerprint density at radius 2 is 2.03 bits per heavy atom. The van der Waals surface area contributed by atoms with Crippen molar-refractivity contribution in [1.29, 1.82) is 0 Å². The van der Waals surface area contributed by atoms with Crippen molar-refractivity contribution in [2.45, 2.75) is 57.3 Å². The molecule has 0 saturated heterocycles. The van der Waals surface area contributed by atoms with Crippen LogP contribution in [0.2, 0.25) is 0 Å². The summed E-state index contributed by atoms with van der Waals surface area (Å²) >= 11 is 1.80. The lowest BCUT2D eigenvalue weighted by Crippen LogP contribution is -2.42. The molecule has 1 atom stereocenters. The number of hydrogen-bond donors (Lipinski definition) is 0. The number of thiophene rings is 1. The first kappa shape index (κ1) is 22.5. The smallest absolute Gasteiger partial charge is 0.147 e. The number of Topliss-reactive ketones (excluding diaryl/α,β-unsaturated/α-hetero) is 1. The Labute approximate surface area is 201 Å². The van der Waals surface area contributed by atoms with E-state index in [0.29, 0.717) is 5.78 Å². The minimum Gasteiger partial charge on any atom is -0.299 e. The molecule has 172 valence electrons. The van der Waals surface area contributed by atoms with Crippen LogP contribution in [0.25, 0.3) is 15.7 Å². The molecule has 0 amide bonds. The molecule has 2 aliphatic rings. The van der Waals surface area contributed by atoms with Gasteiger partial charge in [-0.3, -0.25) is 14.7 Å². The first-order chi connectivity index (χ1) is 16.1. The number of ketones is 1. The first-order valence-electron chi connectivity index (χ1n) is 12.5. The fourth-order valence-corrected chi connectivity index (χ4v) is 6.38. The van der Waals surface area contributed by atoms with E-state index in [2.05, 4.69) is 58.6 Å². The van der Waals surface area contributed by atoms with Crippen LogP contribution in [-0.4, -0.2) is 35.3 Å². The number of benzene rings is 1. The average Bonchev–Trinajstić information content (AvgIpc) is 3.36. The molecular formula is C29H34N2OS. The third kappa shape index (κ3) is 4.83. The number of hydrogen-bond acceptors (Lipinski definition) is 4. The van der Waals surface area contributed by atoms with Gasteiger partial charge in [0.05, 0.1) is 11.1 Å². The molecule has 0 radical (unpaired) electrons. The molecule has 0 N–H and O–H groups in total. The zero-order valence-corrected chi connectivity index (χ0v) is 20.4. The maximum absolute atomic E-state index is 13.7. The second-order valence-corrected chi connectivity index (χ2v) is 10.9. The van der Waals surface area contributed by atoms with Crippen molar-refractivity contribution in [2.24, 2.45) is 5.92 Å². The Morgan fingerprint density at radius 1 is 1.15 bits per heavy atom. The average molecular weight is 459 g/mol. The lowest BCUT2D eigenvalue weighted by atomic mass is 9.70. The van der Waals surface area contributed by atoms with Crippen LogP contribution < -0.4 is 0 Å². The zero-order valence-electron chi connectivity index (χ0n) is 19.6. The number of aromatic nitrogens is 1. The van der Waals surface area contributed by atoms with Crippen molar-refractivity contribution in [3.63, 3.8) is 0 Å². The van der Waals surface area contributed by atoms with Gasteiger partial charge in [-0.1, -0.05) is 37.5 Å². The molecule has 1 fully saturated rings. The standard InChI is InChI=1S/C29H34N2OS/c1-29(27-9-5-6-16-30-27,28(32)23-7-3-2-4-8-23)15-19-31-17-12-22(13-18-31)24-10-11-26-25(21-24)14-20-33-26/h5-6,9-12,14,16,20-21,23H,2-4,7-8,13,15,17-19H2,1H3. The SMILES string of the molecule is CC(CCN1CC=C(c2ccc3sccc3c2)CC1)(C(=O)C1CCCCC1)c1ccccn1. The Kier molecular flexibility index (Phi) is 6.75. The van der Waals surface area contributed by atoms with Crippen LogP contribution in [-0.2, 0) is 10.2 Å². The van der Waals surface area contributed by atoms with E-state index in [0.717, 1.165) is 51.0 Å². The molecule has 1 aliphatic heterocycles. The maximum atomic E-state index is 13.7. The predicted octanol–water partition coefficient (Wildman–Crippen LogP) is 6.88. The summed E-state index contributed by atoms with van der Waals surface area (Å²) in [6, 6.07) is 15.1. The summed E-state index contributed by atoms with van der Waals surface area (Å²) in [6.45, 7) is 5.07. The van der Waals surface area contributed by atoms with Crippen molar-refractivity contribution < 1.29 is 4.79 Å². The highest BCUT2D eigenvalue weighted by atomic mass is 32.1. The topological polar surface area (TPSA) is 33.2 Å². The molecule has 4 heteroatoms. The third-order valence-electron chi connectivity index (χ3n) is 7.79. The lowest BCUT2D eigenvalue weighted by Gasteiger charge is -2.35. The van der Waals surface area contributed by atoms with E-state index in [4.69, 9.17) is 0 Å². The van der Waals surface area contributed by atoms with Gasteiger partial charge in [-0.15, -0.1) is 11.3 Å². The monoisotopic (exact) mass is 458 g/mol. The summed E-state index contributed by atoms with van der Waals surface area (Å²) < 4.78 is 1.35. The van der Waals surface area contributed by atoms with Gasteiger partial charge in [-0.2, -0.15) is 0 Å². The minimum absolute atomic E-state index is 0.200. The van der Waals surface area contributed by atoms with E-state index < -0.39 is 5.41 Å². The fraction of sp³-hybridized carbons (Fsp3) is 0.448. The summed E-state index contributed by atoms with van der Waals surface area (Å²) in [5.74, 6) is 0.615. The number of fused-ring (bicyclic) bond motifs is 1. The number of nitrogens with zero attached hydrogens (tertiary/aromatic N) is 2. The molecule has 1 unspecified atom stereocenters. The maximum Gasteiger partial charge on any atom is 0.147 e. The molecule has 5 rings (SSSR count). The second-order valence-electron chi connectivity index (χ2n) is 9.95. The molecular weight excluding hydrogens is 424 g/mol. The fourth-order valence-electron chi connectivity index (χ4n) is 5.61. The molecule has 3 aromatic rings. The summed E-state index contributed by atoms with van der Waals surface area (Å²) in [4.78, 5) is 20.9. The van der Waals surface area contributed by atoms with Crippen LogP contribution >= 0.6 is 11.3 Å². The number of carbonyl (C=O) groups excluding carboxylic acids is 1. The minimum atomic E-state index is -0.503. The van der Waals surface area contributed by atoms with Gasteiger partial charge in [0.25, 0.3) is 0 Å². The van der Waals surface area contributed by atoms with Gasteiger partial charge in [-0.05, 0) is 91.4 Å². The van der Waals surface area contributed by atoms with Crippen LogP contribution in [0, 0.1) is 5.92 Å². The van der Waals surface area contributed by atoms with Gasteiger partial charge in [-0.25, -0.2) is 0 Å². The van der Waals surface area contributed by atoms with Crippen molar-refractivity contribution in [3.05, 3.63) is 71.4 Å². The van der Waals surface area contributed by atoms with E-state index in [1.54, 1.807) is 11.3 Å². The Morgan fingerprint density at radius 3 is 2.79 bits per heavy atom. The highest BCUT2D eigenvalue weighted by molar-refractivity contribution is 7.17. The van der Waals surface area contributed by atoms with Gasteiger partial charge >= 0.3 is 0 Å². The second kappa shape index (κ2) is 9.90. The van der Waals surface area contributed by atoms with Crippen LogP contribution in [0.1, 0.15) is 63.1 Å². The quantitative estimate of drug-likeness (QED) is 0.387. The Balaban J connectivity index is 1.28. The molecule has 1 aromatic carbocycles. The van der Waals surface area contributed by atoms with Gasteiger partial charge in [0.2, 0.25) is 0 Å². The summed E-state index contributed by atoms with van der Waals surface area (Å²) in [5, 5.41) is 3.51. The molecule has 0 spiro atoms. The number of rotatable bonds is 7. The van der Waals surface area contributed by atoms with Crippen LogP contribution in [0.15, 0.2) is 60.1 Å². The normalized spacial score (nSPS) is 19.8. The molecule has 2 aromatic heterocycles. The summed E-state index contributed by atoms with van der Waals surface area (Å²) in [5.41, 5.74) is 3.24. The lowest BCUT2D eigenvalue weighted by molar-refractivity contribution is -0.129. The molecule has 1 aliphatic carbocycles. The van der Waals surface area contributed by atoms with Crippen molar-refractivity contribution in [3.8, 4) is 0 Å². The van der Waals surface area contributed by atoms with Gasteiger partial charge in [0.1, 0.15) is 5.78 Å². The highest BCUT2D eigenvalue weighted by Crippen LogP contribution is 2.36. The van der Waals surface area contributed by atoms with Crippen LogP contribution in [0.5, 0.6) is 0 Å². The Hall–Kier alpha value is -2.30. The molecule has 0 bridgehead atoms. The molecule has 1 saturated carbocycles.